The summed E-state index contributed by atoms with van der Waals surface area (Å²) < 4.78 is 7.19. The molecule has 2 rings (SSSR count). The maximum Gasteiger partial charge on any atom is 0.226 e. The topological polar surface area (TPSA) is 64.9 Å². The van der Waals surface area contributed by atoms with Crippen LogP contribution >= 0.6 is 0 Å². The lowest BCUT2D eigenvalue weighted by molar-refractivity contribution is 0.326. The van der Waals surface area contributed by atoms with Crippen molar-refractivity contribution in [3.8, 4) is 5.88 Å². The second-order valence-corrected chi connectivity index (χ2v) is 3.92. The van der Waals surface area contributed by atoms with Gasteiger partial charge < -0.3 is 10.1 Å². The highest BCUT2D eigenvalue weighted by Crippen LogP contribution is 2.09. The van der Waals surface area contributed by atoms with E-state index in [2.05, 4.69) is 27.3 Å². The molecule has 1 N–H and O–H groups in total. The summed E-state index contributed by atoms with van der Waals surface area (Å²) in [6.07, 6.45) is 5.37. The van der Waals surface area contributed by atoms with Gasteiger partial charge in [-0.05, 0) is 19.9 Å². The van der Waals surface area contributed by atoms with Crippen LogP contribution in [0.1, 0.15) is 13.8 Å². The second-order valence-electron chi connectivity index (χ2n) is 3.92. The first kappa shape index (κ1) is 12.3. The number of rotatable bonds is 6. The third kappa shape index (κ3) is 3.44. The Balaban J connectivity index is 1.93. The molecule has 0 bridgehead atoms. The molecule has 0 fully saturated rings. The third-order valence-electron chi connectivity index (χ3n) is 2.32. The van der Waals surface area contributed by atoms with Gasteiger partial charge in [-0.1, -0.05) is 0 Å². The molecule has 0 aliphatic heterocycles. The van der Waals surface area contributed by atoms with E-state index in [1.165, 1.54) is 0 Å². The number of nitrogens with zero attached hydrogens (tertiary/aromatic N) is 4. The first-order chi connectivity index (χ1) is 8.78. The van der Waals surface area contributed by atoms with Crippen molar-refractivity contribution in [2.24, 2.45) is 0 Å². The summed E-state index contributed by atoms with van der Waals surface area (Å²) in [5.41, 5.74) is 0. The highest BCUT2D eigenvalue weighted by molar-refractivity contribution is 5.28. The van der Waals surface area contributed by atoms with Crippen LogP contribution < -0.4 is 10.1 Å². The normalized spacial score (nSPS) is 12.1. The number of aromatic nitrogens is 4. The van der Waals surface area contributed by atoms with E-state index < -0.39 is 0 Å². The molecule has 0 aliphatic carbocycles. The molecule has 0 saturated carbocycles. The number of hydrogen-bond acceptors (Lipinski definition) is 5. The minimum Gasteiger partial charge on any atom is -0.478 e. The molecule has 2 aromatic heterocycles. The summed E-state index contributed by atoms with van der Waals surface area (Å²) in [5.74, 6) is 1.15. The smallest absolute Gasteiger partial charge is 0.226 e. The van der Waals surface area contributed by atoms with Crippen molar-refractivity contribution in [1.29, 1.82) is 0 Å². The van der Waals surface area contributed by atoms with Crippen molar-refractivity contribution in [3.63, 3.8) is 0 Å². The van der Waals surface area contributed by atoms with Crippen molar-refractivity contribution in [1.82, 2.24) is 19.7 Å². The highest BCUT2D eigenvalue weighted by Gasteiger charge is 2.06. The number of nitrogens with one attached hydrogen (secondary N) is 1. The van der Waals surface area contributed by atoms with Gasteiger partial charge in [0.25, 0.3) is 0 Å². The van der Waals surface area contributed by atoms with Crippen molar-refractivity contribution >= 4 is 5.95 Å². The Kier molecular flexibility index (Phi) is 4.11. The van der Waals surface area contributed by atoms with E-state index in [-0.39, 0.29) is 6.04 Å². The Morgan fingerprint density at radius 2 is 2.33 bits per heavy atom. The zero-order valence-corrected chi connectivity index (χ0v) is 10.6. The monoisotopic (exact) mass is 247 g/mol. The van der Waals surface area contributed by atoms with Crippen LogP contribution in [0.15, 0.2) is 30.7 Å². The summed E-state index contributed by atoms with van der Waals surface area (Å²) >= 11 is 0. The summed E-state index contributed by atoms with van der Waals surface area (Å²) in [5, 5.41) is 7.37. The van der Waals surface area contributed by atoms with Crippen LogP contribution in [-0.2, 0) is 6.54 Å². The molecule has 18 heavy (non-hydrogen) atoms. The molecule has 0 saturated heterocycles. The Labute approximate surface area is 106 Å². The fourth-order valence-corrected chi connectivity index (χ4v) is 1.60. The molecule has 6 nitrogen and oxygen atoms in total. The van der Waals surface area contributed by atoms with Crippen LogP contribution in [-0.4, -0.2) is 32.4 Å². The summed E-state index contributed by atoms with van der Waals surface area (Å²) in [7, 11) is 0. The largest absolute Gasteiger partial charge is 0.478 e. The molecule has 0 spiro atoms. The van der Waals surface area contributed by atoms with E-state index in [0.29, 0.717) is 18.4 Å². The van der Waals surface area contributed by atoms with Gasteiger partial charge in [0.15, 0.2) is 0 Å². The lowest BCUT2D eigenvalue weighted by Crippen LogP contribution is -2.23. The Morgan fingerprint density at radius 1 is 1.44 bits per heavy atom. The SMILES string of the molecule is CCOc1ccnc(NC(C)Cn2cccn2)n1. The van der Waals surface area contributed by atoms with Crippen molar-refractivity contribution in [2.75, 3.05) is 11.9 Å². The minimum atomic E-state index is 0.182. The summed E-state index contributed by atoms with van der Waals surface area (Å²) in [6, 6.07) is 3.83. The van der Waals surface area contributed by atoms with E-state index in [1.807, 2.05) is 23.9 Å². The van der Waals surface area contributed by atoms with Gasteiger partial charge in [0.05, 0.1) is 13.2 Å². The second kappa shape index (κ2) is 6.00. The molecule has 96 valence electrons. The number of anilines is 1. The lowest BCUT2D eigenvalue weighted by atomic mass is 10.3. The fraction of sp³-hybridized carbons (Fsp3) is 0.417. The fourth-order valence-electron chi connectivity index (χ4n) is 1.60. The van der Waals surface area contributed by atoms with Crippen LogP contribution in [0, 0.1) is 0 Å². The summed E-state index contributed by atoms with van der Waals surface area (Å²) in [4.78, 5) is 8.42. The van der Waals surface area contributed by atoms with Crippen molar-refractivity contribution in [3.05, 3.63) is 30.7 Å². The Morgan fingerprint density at radius 3 is 3.06 bits per heavy atom. The zero-order chi connectivity index (χ0) is 12.8. The van der Waals surface area contributed by atoms with Crippen LogP contribution in [0.4, 0.5) is 5.95 Å². The van der Waals surface area contributed by atoms with Gasteiger partial charge in [0.1, 0.15) is 0 Å². The standard InChI is InChI=1S/C12H17N5O/c1-3-18-11-5-7-13-12(16-11)15-10(2)9-17-8-4-6-14-17/h4-8,10H,3,9H2,1-2H3,(H,13,15,16). The molecule has 2 heterocycles. The van der Waals surface area contributed by atoms with Gasteiger partial charge in [-0.15, -0.1) is 0 Å². The Bertz CT molecular complexity index is 471. The van der Waals surface area contributed by atoms with E-state index in [9.17, 15) is 0 Å². The Hall–Kier alpha value is -2.11. The van der Waals surface area contributed by atoms with E-state index in [1.54, 1.807) is 18.5 Å². The highest BCUT2D eigenvalue weighted by atomic mass is 16.5. The quantitative estimate of drug-likeness (QED) is 0.839. The van der Waals surface area contributed by atoms with Crippen molar-refractivity contribution < 1.29 is 4.74 Å². The van der Waals surface area contributed by atoms with Gasteiger partial charge in [-0.3, -0.25) is 4.68 Å². The molecule has 2 aromatic rings. The predicted octanol–water partition coefficient (Wildman–Crippen LogP) is 1.57. The van der Waals surface area contributed by atoms with Crippen LogP contribution in [0.5, 0.6) is 5.88 Å². The van der Waals surface area contributed by atoms with E-state index in [0.717, 1.165) is 6.54 Å². The molecule has 6 heteroatoms. The molecule has 0 aromatic carbocycles. The average Bonchev–Trinajstić information content (AvgIpc) is 2.82. The minimum absolute atomic E-state index is 0.182. The molecular formula is C12H17N5O. The van der Waals surface area contributed by atoms with Gasteiger partial charge in [0.2, 0.25) is 11.8 Å². The van der Waals surface area contributed by atoms with Gasteiger partial charge in [-0.2, -0.15) is 10.1 Å². The number of hydrogen-bond donors (Lipinski definition) is 1. The van der Waals surface area contributed by atoms with Gasteiger partial charge in [-0.25, -0.2) is 4.98 Å². The molecule has 0 amide bonds. The average molecular weight is 247 g/mol. The van der Waals surface area contributed by atoms with Crippen molar-refractivity contribution in [2.45, 2.75) is 26.4 Å². The maximum absolute atomic E-state index is 5.33. The van der Waals surface area contributed by atoms with Gasteiger partial charge in [0, 0.05) is 30.7 Å². The first-order valence-corrected chi connectivity index (χ1v) is 5.97. The van der Waals surface area contributed by atoms with E-state index in [4.69, 9.17) is 4.74 Å². The first-order valence-electron chi connectivity index (χ1n) is 5.97. The van der Waals surface area contributed by atoms with Gasteiger partial charge >= 0.3 is 0 Å². The van der Waals surface area contributed by atoms with E-state index >= 15 is 0 Å². The molecule has 1 atom stereocenters. The molecule has 1 unspecified atom stereocenters. The zero-order valence-electron chi connectivity index (χ0n) is 10.6. The van der Waals surface area contributed by atoms with Crippen LogP contribution in [0.25, 0.3) is 0 Å². The number of ether oxygens (including phenoxy) is 1. The molecule has 0 aliphatic rings. The van der Waals surface area contributed by atoms with Crippen LogP contribution in [0.2, 0.25) is 0 Å². The molecule has 0 radical (unpaired) electrons. The molecular weight excluding hydrogens is 230 g/mol. The lowest BCUT2D eigenvalue weighted by Gasteiger charge is -2.14. The predicted molar refractivity (Wildman–Crippen MR) is 68.5 cm³/mol. The van der Waals surface area contributed by atoms with Crippen LogP contribution in [0.3, 0.4) is 0 Å². The third-order valence-corrected chi connectivity index (χ3v) is 2.32. The summed E-state index contributed by atoms with van der Waals surface area (Å²) in [6.45, 7) is 5.34. The maximum atomic E-state index is 5.33.